The Morgan fingerprint density at radius 1 is 1.35 bits per heavy atom. The first-order valence-electron chi connectivity index (χ1n) is 5.97. The highest BCUT2D eigenvalue weighted by molar-refractivity contribution is 7.15. The summed E-state index contributed by atoms with van der Waals surface area (Å²) in [6.45, 7) is 0. The Morgan fingerprint density at radius 2 is 2.20 bits per heavy atom. The van der Waals surface area contributed by atoms with E-state index in [0.29, 0.717) is 10.7 Å². The van der Waals surface area contributed by atoms with Crippen LogP contribution in [0.5, 0.6) is 0 Å². The van der Waals surface area contributed by atoms with Crippen molar-refractivity contribution in [1.82, 2.24) is 9.38 Å². The first-order valence-corrected chi connectivity index (χ1v) is 7.23. The maximum atomic E-state index is 12.1. The maximum absolute atomic E-state index is 12.1. The number of imidazole rings is 1. The summed E-state index contributed by atoms with van der Waals surface area (Å²) in [6, 6.07) is 7.60. The number of para-hydroxylation sites is 1. The van der Waals surface area contributed by atoms with Crippen molar-refractivity contribution in [2.75, 3.05) is 5.32 Å². The van der Waals surface area contributed by atoms with Gasteiger partial charge in [0.15, 0.2) is 10.1 Å². The number of carbonyl (C=O) groups excluding carboxylic acids is 1. The van der Waals surface area contributed by atoms with E-state index in [0.717, 1.165) is 21.9 Å². The van der Waals surface area contributed by atoms with Gasteiger partial charge in [0.05, 0.1) is 11.3 Å². The Morgan fingerprint density at radius 3 is 3.10 bits per heavy atom. The third-order valence-electron chi connectivity index (χ3n) is 3.25. The van der Waals surface area contributed by atoms with Crippen molar-refractivity contribution in [3.63, 3.8) is 0 Å². The molecule has 1 aliphatic heterocycles. The minimum Gasteiger partial charge on any atom is -0.321 e. The zero-order valence-corrected chi connectivity index (χ0v) is 11.7. The lowest BCUT2D eigenvalue weighted by Crippen LogP contribution is -2.03. The first kappa shape index (κ1) is 11.7. The average Bonchev–Trinajstić information content (AvgIpc) is 3.07. The minimum atomic E-state index is -0.118. The van der Waals surface area contributed by atoms with E-state index in [-0.39, 0.29) is 5.91 Å². The van der Waals surface area contributed by atoms with Gasteiger partial charge < -0.3 is 5.32 Å². The molecule has 3 heterocycles. The molecule has 1 aliphatic rings. The Bertz CT molecular complexity index is 878. The fourth-order valence-electron chi connectivity index (χ4n) is 2.32. The number of halogens is 1. The lowest BCUT2D eigenvalue weighted by atomic mass is 10.1. The molecule has 0 fully saturated rings. The Kier molecular flexibility index (Phi) is 2.45. The van der Waals surface area contributed by atoms with Gasteiger partial charge in [-0.05, 0) is 12.1 Å². The number of hydrogen-bond donors (Lipinski definition) is 1. The second-order valence-corrected chi connectivity index (χ2v) is 5.63. The van der Waals surface area contributed by atoms with Gasteiger partial charge in [-0.25, -0.2) is 4.98 Å². The standard InChI is InChI=1S/C14H8ClN3OS/c15-12-11(18-5-6-20-14(18)17-12)7-9-8-3-1-2-4-10(8)16-13(9)19/h1-7H,(H,16,19)/b9-7-. The number of amides is 1. The van der Waals surface area contributed by atoms with Gasteiger partial charge in [0.2, 0.25) is 0 Å². The Hall–Kier alpha value is -2.11. The summed E-state index contributed by atoms with van der Waals surface area (Å²) in [5.74, 6) is -0.118. The molecule has 1 N–H and O–H groups in total. The van der Waals surface area contributed by atoms with Gasteiger partial charge in [0.1, 0.15) is 0 Å². The van der Waals surface area contributed by atoms with Crippen LogP contribution in [0, 0.1) is 0 Å². The molecule has 1 aromatic carbocycles. The molecule has 1 amide bonds. The van der Waals surface area contributed by atoms with Crippen LogP contribution in [0.15, 0.2) is 35.8 Å². The topological polar surface area (TPSA) is 46.4 Å². The van der Waals surface area contributed by atoms with Crippen molar-refractivity contribution >= 4 is 51.1 Å². The number of nitrogens with zero attached hydrogens (tertiary/aromatic N) is 2. The number of anilines is 1. The minimum absolute atomic E-state index is 0.118. The Labute approximate surface area is 123 Å². The number of rotatable bonds is 1. The summed E-state index contributed by atoms with van der Waals surface area (Å²) in [7, 11) is 0. The molecule has 3 aromatic rings. The lowest BCUT2D eigenvalue weighted by Gasteiger charge is -1.97. The molecule has 0 saturated heterocycles. The zero-order chi connectivity index (χ0) is 13.7. The lowest BCUT2D eigenvalue weighted by molar-refractivity contribution is -0.110. The molecule has 6 heteroatoms. The second kappa shape index (κ2) is 4.19. The van der Waals surface area contributed by atoms with Crippen LogP contribution in [0.4, 0.5) is 5.69 Å². The molecule has 0 saturated carbocycles. The highest BCUT2D eigenvalue weighted by atomic mass is 35.5. The Balaban J connectivity index is 1.94. The number of hydrogen-bond acceptors (Lipinski definition) is 3. The van der Waals surface area contributed by atoms with Crippen molar-refractivity contribution in [3.8, 4) is 0 Å². The van der Waals surface area contributed by atoms with Gasteiger partial charge in [-0.1, -0.05) is 29.8 Å². The highest BCUT2D eigenvalue weighted by Gasteiger charge is 2.24. The van der Waals surface area contributed by atoms with Crippen LogP contribution in [0.3, 0.4) is 0 Å². The van der Waals surface area contributed by atoms with E-state index in [2.05, 4.69) is 10.3 Å². The van der Waals surface area contributed by atoms with Gasteiger partial charge in [-0.2, -0.15) is 0 Å². The molecule has 20 heavy (non-hydrogen) atoms. The SMILES string of the molecule is O=C1Nc2ccccc2/C1=C/c1c(Cl)nc2sccn12. The first-order chi connectivity index (χ1) is 9.74. The summed E-state index contributed by atoms with van der Waals surface area (Å²) in [6.07, 6.45) is 3.68. The number of fused-ring (bicyclic) bond motifs is 2. The van der Waals surface area contributed by atoms with Gasteiger partial charge in [0, 0.05) is 22.8 Å². The molecule has 98 valence electrons. The van der Waals surface area contributed by atoms with E-state index >= 15 is 0 Å². The third-order valence-corrected chi connectivity index (χ3v) is 4.28. The zero-order valence-electron chi connectivity index (χ0n) is 10.1. The summed E-state index contributed by atoms with van der Waals surface area (Å²) in [5.41, 5.74) is 3.05. The van der Waals surface area contributed by atoms with Crippen LogP contribution < -0.4 is 5.32 Å². The summed E-state index contributed by atoms with van der Waals surface area (Å²) < 4.78 is 1.88. The average molecular weight is 302 g/mol. The number of nitrogens with one attached hydrogen (secondary N) is 1. The number of thiazole rings is 1. The fraction of sp³-hybridized carbons (Fsp3) is 0. The van der Waals surface area contributed by atoms with Crippen LogP contribution in [-0.2, 0) is 4.79 Å². The second-order valence-electron chi connectivity index (χ2n) is 4.40. The molecule has 0 radical (unpaired) electrons. The van der Waals surface area contributed by atoms with Crippen LogP contribution >= 0.6 is 22.9 Å². The van der Waals surface area contributed by atoms with Gasteiger partial charge >= 0.3 is 0 Å². The summed E-state index contributed by atoms with van der Waals surface area (Å²) in [4.78, 5) is 17.2. The van der Waals surface area contributed by atoms with Gasteiger partial charge in [0.25, 0.3) is 5.91 Å². The number of carbonyl (C=O) groups is 1. The van der Waals surface area contributed by atoms with Crippen molar-refractivity contribution in [2.45, 2.75) is 0 Å². The molecule has 0 aliphatic carbocycles. The molecular weight excluding hydrogens is 294 g/mol. The quantitative estimate of drug-likeness (QED) is 0.699. The van der Waals surface area contributed by atoms with Crippen molar-refractivity contribution in [3.05, 3.63) is 52.3 Å². The molecule has 2 aromatic heterocycles. The van der Waals surface area contributed by atoms with Gasteiger partial charge in [-0.15, -0.1) is 11.3 Å². The molecule has 0 spiro atoms. The molecule has 0 atom stereocenters. The maximum Gasteiger partial charge on any atom is 0.256 e. The van der Waals surface area contributed by atoms with Crippen molar-refractivity contribution in [1.29, 1.82) is 0 Å². The predicted octanol–water partition coefficient (Wildman–Crippen LogP) is 3.54. The molecule has 0 unspecified atom stereocenters. The molecule has 4 nitrogen and oxygen atoms in total. The molecule has 4 rings (SSSR count). The van der Waals surface area contributed by atoms with E-state index in [9.17, 15) is 4.79 Å². The number of aromatic nitrogens is 2. The number of benzene rings is 1. The molecular formula is C14H8ClN3OS. The monoisotopic (exact) mass is 301 g/mol. The van der Waals surface area contributed by atoms with Crippen LogP contribution in [0.1, 0.15) is 11.3 Å². The van der Waals surface area contributed by atoms with Crippen molar-refractivity contribution < 1.29 is 4.79 Å². The van der Waals surface area contributed by atoms with E-state index in [4.69, 9.17) is 11.6 Å². The summed E-state index contributed by atoms with van der Waals surface area (Å²) in [5, 5.41) is 5.18. The predicted molar refractivity (Wildman–Crippen MR) is 81.0 cm³/mol. The van der Waals surface area contributed by atoms with E-state index in [1.54, 1.807) is 6.08 Å². The van der Waals surface area contributed by atoms with Crippen LogP contribution in [-0.4, -0.2) is 15.3 Å². The fourth-order valence-corrected chi connectivity index (χ4v) is 3.32. The van der Waals surface area contributed by atoms with Crippen LogP contribution in [0.25, 0.3) is 16.6 Å². The highest BCUT2D eigenvalue weighted by Crippen LogP contribution is 2.34. The molecule has 0 bridgehead atoms. The normalized spacial score (nSPS) is 15.8. The largest absolute Gasteiger partial charge is 0.321 e. The third kappa shape index (κ3) is 1.60. The van der Waals surface area contributed by atoms with E-state index < -0.39 is 0 Å². The van der Waals surface area contributed by atoms with E-state index in [1.165, 1.54) is 11.3 Å². The summed E-state index contributed by atoms with van der Waals surface area (Å²) >= 11 is 7.66. The smallest absolute Gasteiger partial charge is 0.256 e. The van der Waals surface area contributed by atoms with Crippen LogP contribution in [0.2, 0.25) is 5.15 Å². The van der Waals surface area contributed by atoms with E-state index in [1.807, 2.05) is 40.2 Å². The van der Waals surface area contributed by atoms with Gasteiger partial charge in [-0.3, -0.25) is 9.20 Å². The van der Waals surface area contributed by atoms with Crippen molar-refractivity contribution in [2.24, 2.45) is 0 Å².